The lowest BCUT2D eigenvalue weighted by Gasteiger charge is -2.07. The maximum atomic E-state index is 12.3. The van der Waals surface area contributed by atoms with E-state index in [0.717, 1.165) is 37.3 Å². The Morgan fingerprint density at radius 2 is 1.96 bits per heavy atom. The van der Waals surface area contributed by atoms with Gasteiger partial charge in [0.2, 0.25) is 0 Å². The first-order valence-electron chi connectivity index (χ1n) is 8.30. The van der Waals surface area contributed by atoms with Crippen LogP contribution in [0.15, 0.2) is 30.5 Å². The van der Waals surface area contributed by atoms with Crippen molar-refractivity contribution in [3.05, 3.63) is 46.7 Å². The monoisotopic (exact) mass is 349 g/mol. The van der Waals surface area contributed by atoms with Crippen molar-refractivity contribution in [2.24, 2.45) is 0 Å². The van der Waals surface area contributed by atoms with Crippen molar-refractivity contribution in [1.82, 2.24) is 15.1 Å². The molecule has 6 heteroatoms. The molecule has 1 N–H and O–H groups in total. The highest BCUT2D eigenvalue weighted by molar-refractivity contribution is 6.30. The smallest absolute Gasteiger partial charge is 0.254 e. The van der Waals surface area contributed by atoms with Crippen LogP contribution in [0, 0.1) is 6.92 Å². The van der Waals surface area contributed by atoms with Crippen LogP contribution in [0.25, 0.3) is 5.69 Å². The number of ether oxygens (including phenoxy) is 1. The van der Waals surface area contributed by atoms with E-state index in [0.29, 0.717) is 23.7 Å². The van der Waals surface area contributed by atoms with E-state index < -0.39 is 0 Å². The first kappa shape index (κ1) is 18.5. The molecule has 1 aromatic carbocycles. The molecule has 0 atom stereocenters. The molecule has 0 aliphatic heterocycles. The minimum absolute atomic E-state index is 0.110. The maximum absolute atomic E-state index is 12.3. The molecule has 0 bridgehead atoms. The summed E-state index contributed by atoms with van der Waals surface area (Å²) in [6, 6.07) is 7.35. The molecule has 1 amide bonds. The molecule has 0 unspecified atom stereocenters. The zero-order valence-corrected chi connectivity index (χ0v) is 15.0. The number of nitrogens with one attached hydrogen (secondary N) is 1. The fourth-order valence-electron chi connectivity index (χ4n) is 2.29. The summed E-state index contributed by atoms with van der Waals surface area (Å²) in [6.45, 7) is 6.07. The van der Waals surface area contributed by atoms with Gasteiger partial charge in [-0.3, -0.25) is 4.79 Å². The fraction of sp³-hybridized carbons (Fsp3) is 0.444. The van der Waals surface area contributed by atoms with E-state index in [1.807, 2.05) is 19.1 Å². The number of hydrogen-bond acceptors (Lipinski definition) is 3. The number of nitrogens with zero attached hydrogens (tertiary/aromatic N) is 2. The second kappa shape index (κ2) is 9.45. The van der Waals surface area contributed by atoms with Crippen LogP contribution >= 0.6 is 11.6 Å². The lowest BCUT2D eigenvalue weighted by molar-refractivity contribution is 0.0940. The Bertz CT molecular complexity index is 653. The largest absolute Gasteiger partial charge is 0.381 e. The van der Waals surface area contributed by atoms with Gasteiger partial charge < -0.3 is 10.1 Å². The standard InChI is InChI=1S/C18H24ClN3O2/c1-3-4-11-24-12-5-10-20-18(23)17-13-21-22(14(17)2)16-8-6-15(19)7-9-16/h6-9,13H,3-5,10-12H2,1-2H3,(H,20,23). The van der Waals surface area contributed by atoms with Crippen molar-refractivity contribution in [2.75, 3.05) is 19.8 Å². The number of unbranched alkanes of at least 4 members (excludes halogenated alkanes) is 1. The third-order valence-electron chi connectivity index (χ3n) is 3.72. The minimum atomic E-state index is -0.110. The topological polar surface area (TPSA) is 56.1 Å². The third-order valence-corrected chi connectivity index (χ3v) is 3.97. The SMILES string of the molecule is CCCCOCCCNC(=O)c1cnn(-c2ccc(Cl)cc2)c1C. The van der Waals surface area contributed by atoms with Crippen molar-refractivity contribution in [3.63, 3.8) is 0 Å². The normalized spacial score (nSPS) is 10.8. The number of carbonyl (C=O) groups excluding carboxylic acids is 1. The van der Waals surface area contributed by atoms with Gasteiger partial charge in [-0.05, 0) is 44.0 Å². The second-order valence-electron chi connectivity index (χ2n) is 5.61. The predicted molar refractivity (Wildman–Crippen MR) is 96.0 cm³/mol. The van der Waals surface area contributed by atoms with Gasteiger partial charge in [-0.25, -0.2) is 4.68 Å². The molecular weight excluding hydrogens is 326 g/mol. The highest BCUT2D eigenvalue weighted by atomic mass is 35.5. The van der Waals surface area contributed by atoms with Crippen LogP contribution in [0.2, 0.25) is 5.02 Å². The molecule has 0 saturated carbocycles. The zero-order valence-electron chi connectivity index (χ0n) is 14.2. The van der Waals surface area contributed by atoms with Gasteiger partial charge in [-0.1, -0.05) is 24.9 Å². The number of halogens is 1. The van der Waals surface area contributed by atoms with Gasteiger partial charge in [0.25, 0.3) is 5.91 Å². The van der Waals surface area contributed by atoms with Crippen molar-refractivity contribution in [3.8, 4) is 5.69 Å². The molecule has 1 heterocycles. The van der Waals surface area contributed by atoms with Crippen LogP contribution in [0.1, 0.15) is 42.2 Å². The predicted octanol–water partition coefficient (Wildman–Crippen LogP) is 3.77. The van der Waals surface area contributed by atoms with E-state index in [1.165, 1.54) is 0 Å². The molecule has 130 valence electrons. The lowest BCUT2D eigenvalue weighted by atomic mass is 10.2. The van der Waals surface area contributed by atoms with Crippen molar-refractivity contribution in [2.45, 2.75) is 33.1 Å². The summed E-state index contributed by atoms with van der Waals surface area (Å²) in [5.41, 5.74) is 2.26. The molecular formula is C18H24ClN3O2. The fourth-order valence-corrected chi connectivity index (χ4v) is 2.42. The Hall–Kier alpha value is -1.85. The Balaban J connectivity index is 1.86. The van der Waals surface area contributed by atoms with Crippen molar-refractivity contribution >= 4 is 17.5 Å². The van der Waals surface area contributed by atoms with Gasteiger partial charge in [0.1, 0.15) is 0 Å². The molecule has 0 saturated heterocycles. The van der Waals surface area contributed by atoms with Crippen LogP contribution in [0.3, 0.4) is 0 Å². The van der Waals surface area contributed by atoms with E-state index in [-0.39, 0.29) is 5.91 Å². The van der Waals surface area contributed by atoms with E-state index in [2.05, 4.69) is 17.3 Å². The van der Waals surface area contributed by atoms with Gasteiger partial charge in [-0.2, -0.15) is 5.10 Å². The highest BCUT2D eigenvalue weighted by Gasteiger charge is 2.14. The summed E-state index contributed by atoms with van der Waals surface area (Å²) >= 11 is 5.90. The van der Waals surface area contributed by atoms with E-state index in [1.54, 1.807) is 23.0 Å². The first-order valence-corrected chi connectivity index (χ1v) is 8.67. The van der Waals surface area contributed by atoms with Gasteiger partial charge in [-0.15, -0.1) is 0 Å². The summed E-state index contributed by atoms with van der Waals surface area (Å²) in [4.78, 5) is 12.3. The van der Waals surface area contributed by atoms with Crippen molar-refractivity contribution < 1.29 is 9.53 Å². The Kier molecular flexibility index (Phi) is 7.28. The van der Waals surface area contributed by atoms with Crippen molar-refractivity contribution in [1.29, 1.82) is 0 Å². The number of rotatable bonds is 9. The molecule has 24 heavy (non-hydrogen) atoms. The molecule has 1 aromatic heterocycles. The van der Waals surface area contributed by atoms with Crippen LogP contribution in [-0.2, 0) is 4.74 Å². The first-order chi connectivity index (χ1) is 11.6. The highest BCUT2D eigenvalue weighted by Crippen LogP contribution is 2.16. The van der Waals surface area contributed by atoms with E-state index >= 15 is 0 Å². The second-order valence-corrected chi connectivity index (χ2v) is 6.04. The summed E-state index contributed by atoms with van der Waals surface area (Å²) in [6.07, 6.45) is 4.61. The van der Waals surface area contributed by atoms with E-state index in [9.17, 15) is 4.79 Å². The van der Waals surface area contributed by atoms with Crippen LogP contribution < -0.4 is 5.32 Å². The molecule has 0 aliphatic carbocycles. The number of carbonyl (C=O) groups is 1. The Labute approximate surface area is 148 Å². The third kappa shape index (κ3) is 5.08. The van der Waals surface area contributed by atoms with Crippen LogP contribution in [-0.4, -0.2) is 35.4 Å². The quantitative estimate of drug-likeness (QED) is 0.701. The maximum Gasteiger partial charge on any atom is 0.254 e. The molecule has 0 fully saturated rings. The van der Waals surface area contributed by atoms with Crippen LogP contribution in [0.5, 0.6) is 0 Å². The number of amides is 1. The van der Waals surface area contributed by atoms with Gasteiger partial charge in [0, 0.05) is 24.8 Å². The molecule has 5 nitrogen and oxygen atoms in total. The molecule has 2 aromatic rings. The summed E-state index contributed by atoms with van der Waals surface area (Å²) < 4.78 is 7.21. The lowest BCUT2D eigenvalue weighted by Crippen LogP contribution is -2.25. The van der Waals surface area contributed by atoms with Gasteiger partial charge in [0.05, 0.1) is 23.1 Å². The average Bonchev–Trinajstić information content (AvgIpc) is 2.96. The number of benzene rings is 1. The Morgan fingerprint density at radius 1 is 1.25 bits per heavy atom. The molecule has 0 spiro atoms. The summed E-state index contributed by atoms with van der Waals surface area (Å²) in [5, 5.41) is 7.88. The molecule has 2 rings (SSSR count). The Morgan fingerprint density at radius 3 is 2.67 bits per heavy atom. The zero-order chi connectivity index (χ0) is 17.4. The number of hydrogen-bond donors (Lipinski definition) is 1. The molecule has 0 aliphatic rings. The summed E-state index contributed by atoms with van der Waals surface area (Å²) in [7, 11) is 0. The van der Waals surface area contributed by atoms with E-state index in [4.69, 9.17) is 16.3 Å². The average molecular weight is 350 g/mol. The summed E-state index contributed by atoms with van der Waals surface area (Å²) in [5.74, 6) is -0.110. The number of aromatic nitrogens is 2. The van der Waals surface area contributed by atoms with Gasteiger partial charge >= 0.3 is 0 Å². The van der Waals surface area contributed by atoms with Gasteiger partial charge in [0.15, 0.2) is 0 Å². The van der Waals surface area contributed by atoms with Crippen LogP contribution in [0.4, 0.5) is 0 Å². The molecule has 0 radical (unpaired) electrons. The minimum Gasteiger partial charge on any atom is -0.381 e.